The molecule has 2 aromatic rings. The summed E-state index contributed by atoms with van der Waals surface area (Å²) in [5, 5.41) is 3.41. The molecule has 3 aliphatic rings. The number of nitrogens with one attached hydrogen (secondary N) is 1. The average molecular weight is 459 g/mol. The van der Waals surface area contributed by atoms with Gasteiger partial charge in [-0.25, -0.2) is 4.98 Å². The Balaban J connectivity index is 1.27. The highest BCUT2D eigenvalue weighted by atomic mass is 16.2. The number of hydrogen-bond donors (Lipinski definition) is 1. The molecule has 7 nitrogen and oxygen atoms in total. The molecule has 1 amide bonds. The van der Waals surface area contributed by atoms with Crippen molar-refractivity contribution < 1.29 is 4.79 Å². The van der Waals surface area contributed by atoms with Crippen molar-refractivity contribution in [3.63, 3.8) is 0 Å². The second kappa shape index (κ2) is 9.49. The molecule has 2 aromatic heterocycles. The standard InChI is InChI=1S/C27H34N6O/c1-19-9-10-23(15-20(19)2)32-14-13-31(18-21(32)3)25(34)17-29-27-26(22-7-5-4-6-8-22)30-24-16-28-11-12-33(24)27/h4-5,7,9-12,15-16,19-21,29H,6,8,13-14,17-18H2,1-3H3. The molecule has 0 saturated carbocycles. The lowest BCUT2D eigenvalue weighted by molar-refractivity contribution is -0.131. The molecular formula is C27H34N6O. The number of anilines is 1. The van der Waals surface area contributed by atoms with Crippen LogP contribution in [-0.2, 0) is 4.79 Å². The Morgan fingerprint density at radius 2 is 2.09 bits per heavy atom. The molecular weight excluding hydrogens is 424 g/mol. The van der Waals surface area contributed by atoms with Gasteiger partial charge in [-0.2, -0.15) is 0 Å². The van der Waals surface area contributed by atoms with Gasteiger partial charge < -0.3 is 15.1 Å². The molecule has 0 aromatic carbocycles. The molecule has 1 saturated heterocycles. The lowest BCUT2D eigenvalue weighted by atomic mass is 9.90. The minimum atomic E-state index is 0.120. The summed E-state index contributed by atoms with van der Waals surface area (Å²) < 4.78 is 1.99. The molecule has 3 unspecified atom stereocenters. The average Bonchev–Trinajstić information content (AvgIpc) is 3.23. The highest BCUT2D eigenvalue weighted by molar-refractivity contribution is 5.83. The molecule has 7 heteroatoms. The molecule has 2 aliphatic carbocycles. The van der Waals surface area contributed by atoms with Crippen LogP contribution in [0.2, 0.25) is 0 Å². The van der Waals surface area contributed by atoms with Crippen LogP contribution >= 0.6 is 0 Å². The molecule has 1 aliphatic heterocycles. The lowest BCUT2D eigenvalue weighted by Gasteiger charge is -2.43. The molecule has 178 valence electrons. The smallest absolute Gasteiger partial charge is 0.242 e. The Morgan fingerprint density at radius 3 is 2.85 bits per heavy atom. The van der Waals surface area contributed by atoms with E-state index in [-0.39, 0.29) is 18.5 Å². The van der Waals surface area contributed by atoms with E-state index in [0.717, 1.165) is 49.6 Å². The molecule has 0 spiro atoms. The Kier molecular flexibility index (Phi) is 6.26. The zero-order chi connectivity index (χ0) is 23.7. The number of amides is 1. The van der Waals surface area contributed by atoms with Crippen molar-refractivity contribution in [1.29, 1.82) is 0 Å². The van der Waals surface area contributed by atoms with E-state index in [9.17, 15) is 4.79 Å². The molecule has 5 rings (SSSR count). The Bertz CT molecular complexity index is 1190. The van der Waals surface area contributed by atoms with Gasteiger partial charge in [-0.05, 0) is 43.3 Å². The van der Waals surface area contributed by atoms with E-state index in [2.05, 4.69) is 72.4 Å². The van der Waals surface area contributed by atoms with E-state index in [0.29, 0.717) is 11.8 Å². The van der Waals surface area contributed by atoms with Crippen LogP contribution in [0.15, 0.2) is 60.7 Å². The van der Waals surface area contributed by atoms with Crippen molar-refractivity contribution in [3.8, 4) is 0 Å². The summed E-state index contributed by atoms with van der Waals surface area (Å²) in [6.45, 7) is 9.31. The second-order valence-corrected chi connectivity index (χ2v) is 9.68. The van der Waals surface area contributed by atoms with Crippen LogP contribution in [0.3, 0.4) is 0 Å². The largest absolute Gasteiger partial charge is 0.366 e. The van der Waals surface area contributed by atoms with Crippen molar-refractivity contribution in [2.45, 2.75) is 39.7 Å². The number of aromatic nitrogens is 3. The Hall–Kier alpha value is -3.35. The fourth-order valence-electron chi connectivity index (χ4n) is 5.03. The number of fused-ring (bicyclic) bond motifs is 1. The van der Waals surface area contributed by atoms with E-state index >= 15 is 0 Å². The predicted octanol–water partition coefficient (Wildman–Crippen LogP) is 4.13. The van der Waals surface area contributed by atoms with Gasteiger partial charge in [0.25, 0.3) is 0 Å². The number of rotatable bonds is 5. The summed E-state index contributed by atoms with van der Waals surface area (Å²) in [6, 6.07) is 0.283. The van der Waals surface area contributed by atoms with Crippen molar-refractivity contribution in [2.24, 2.45) is 11.8 Å². The van der Waals surface area contributed by atoms with Crippen LogP contribution < -0.4 is 5.32 Å². The molecule has 3 heterocycles. The van der Waals surface area contributed by atoms with Crippen molar-refractivity contribution in [2.75, 3.05) is 31.5 Å². The fraction of sp³-hybridized carbons (Fsp3) is 0.444. The molecule has 0 bridgehead atoms. The minimum absolute atomic E-state index is 0.120. The van der Waals surface area contributed by atoms with Gasteiger partial charge in [0.2, 0.25) is 5.91 Å². The summed E-state index contributed by atoms with van der Waals surface area (Å²) >= 11 is 0. The van der Waals surface area contributed by atoms with Gasteiger partial charge in [-0.1, -0.05) is 44.2 Å². The molecule has 3 atom stereocenters. The van der Waals surface area contributed by atoms with Gasteiger partial charge in [-0.3, -0.25) is 14.2 Å². The number of carbonyl (C=O) groups is 1. The van der Waals surface area contributed by atoms with Gasteiger partial charge >= 0.3 is 0 Å². The monoisotopic (exact) mass is 458 g/mol. The van der Waals surface area contributed by atoms with Gasteiger partial charge in [0.05, 0.1) is 12.7 Å². The fourth-order valence-corrected chi connectivity index (χ4v) is 5.03. The van der Waals surface area contributed by atoms with E-state index in [4.69, 9.17) is 4.98 Å². The van der Waals surface area contributed by atoms with Crippen molar-refractivity contribution >= 4 is 22.9 Å². The number of nitrogens with zero attached hydrogens (tertiary/aromatic N) is 5. The summed E-state index contributed by atoms with van der Waals surface area (Å²) in [4.78, 5) is 26.6. The van der Waals surface area contributed by atoms with Crippen LogP contribution in [0, 0.1) is 11.8 Å². The topological polar surface area (TPSA) is 65.8 Å². The van der Waals surface area contributed by atoms with E-state index in [1.165, 1.54) is 11.3 Å². The van der Waals surface area contributed by atoms with E-state index in [1.807, 2.05) is 15.5 Å². The second-order valence-electron chi connectivity index (χ2n) is 9.68. The van der Waals surface area contributed by atoms with Crippen LogP contribution in [0.4, 0.5) is 5.82 Å². The normalized spacial score (nSPS) is 24.9. The quantitative estimate of drug-likeness (QED) is 0.730. The van der Waals surface area contributed by atoms with Gasteiger partial charge in [0.15, 0.2) is 5.65 Å². The first-order valence-corrected chi connectivity index (χ1v) is 12.4. The highest BCUT2D eigenvalue weighted by Crippen LogP contribution is 2.30. The van der Waals surface area contributed by atoms with E-state index < -0.39 is 0 Å². The predicted molar refractivity (Wildman–Crippen MR) is 136 cm³/mol. The summed E-state index contributed by atoms with van der Waals surface area (Å²) in [6.07, 6.45) is 20.6. The number of hydrogen-bond acceptors (Lipinski definition) is 5. The van der Waals surface area contributed by atoms with Crippen LogP contribution in [-0.4, -0.2) is 62.3 Å². The third-order valence-corrected chi connectivity index (χ3v) is 7.30. The zero-order valence-corrected chi connectivity index (χ0v) is 20.3. The first kappa shape index (κ1) is 22.4. The van der Waals surface area contributed by atoms with Gasteiger partial charge in [-0.15, -0.1) is 0 Å². The van der Waals surface area contributed by atoms with Crippen molar-refractivity contribution in [3.05, 3.63) is 66.4 Å². The van der Waals surface area contributed by atoms with Gasteiger partial charge in [0.1, 0.15) is 11.5 Å². The zero-order valence-electron chi connectivity index (χ0n) is 20.3. The number of carbonyl (C=O) groups excluding carboxylic acids is 1. The third-order valence-electron chi connectivity index (χ3n) is 7.30. The molecule has 34 heavy (non-hydrogen) atoms. The number of piperazine rings is 1. The summed E-state index contributed by atoms with van der Waals surface area (Å²) in [5.41, 5.74) is 4.16. The Labute approximate surface area is 201 Å². The first-order valence-electron chi connectivity index (χ1n) is 12.4. The molecule has 0 radical (unpaired) electrons. The van der Waals surface area contributed by atoms with Crippen LogP contribution in [0.5, 0.6) is 0 Å². The maximum atomic E-state index is 13.2. The van der Waals surface area contributed by atoms with Gasteiger partial charge in [0, 0.05) is 43.8 Å². The minimum Gasteiger partial charge on any atom is -0.366 e. The third kappa shape index (κ3) is 4.39. The van der Waals surface area contributed by atoms with Crippen molar-refractivity contribution in [1.82, 2.24) is 24.2 Å². The van der Waals surface area contributed by atoms with E-state index in [1.54, 1.807) is 12.4 Å². The number of allylic oxidation sites excluding steroid dienone is 7. The Morgan fingerprint density at radius 1 is 1.21 bits per heavy atom. The van der Waals surface area contributed by atoms with Crippen LogP contribution in [0.1, 0.15) is 39.3 Å². The lowest BCUT2D eigenvalue weighted by Crippen LogP contribution is -2.54. The molecule has 1 fully saturated rings. The maximum absolute atomic E-state index is 13.2. The van der Waals surface area contributed by atoms with Crippen LogP contribution in [0.25, 0.3) is 11.2 Å². The first-order chi connectivity index (χ1) is 16.5. The summed E-state index contributed by atoms with van der Waals surface area (Å²) in [7, 11) is 0. The maximum Gasteiger partial charge on any atom is 0.242 e. The number of imidazole rings is 1. The molecule has 1 N–H and O–H groups in total. The highest BCUT2D eigenvalue weighted by Gasteiger charge is 2.29. The SMILES string of the molecule is CC1C=CC(N2CCN(C(=O)CNc3c(C4=CC=CCC4)nc4cnccn34)CC2C)=CC1C. The summed E-state index contributed by atoms with van der Waals surface area (Å²) in [5.74, 6) is 2.10.